The third kappa shape index (κ3) is 4.33. The van der Waals surface area contributed by atoms with Gasteiger partial charge in [0.05, 0.1) is 6.04 Å². The van der Waals surface area contributed by atoms with Crippen molar-refractivity contribution in [3.8, 4) is 0 Å². The number of carbonyl (C=O) groups excluding carboxylic acids is 1. The SMILES string of the molecule is CC(C(=O)N1CCNCC1)N1CCC(Cc2ccccc2)CC1. The maximum atomic E-state index is 12.6. The van der Waals surface area contributed by atoms with Crippen LogP contribution in [0.5, 0.6) is 0 Å². The van der Waals surface area contributed by atoms with Crippen LogP contribution in [0.1, 0.15) is 25.3 Å². The van der Waals surface area contributed by atoms with Gasteiger partial charge in [-0.2, -0.15) is 0 Å². The Kier molecular flexibility index (Phi) is 5.68. The fraction of sp³-hybridized carbons (Fsp3) is 0.632. The average Bonchev–Trinajstić information content (AvgIpc) is 2.63. The van der Waals surface area contributed by atoms with E-state index >= 15 is 0 Å². The van der Waals surface area contributed by atoms with Crippen molar-refractivity contribution in [1.82, 2.24) is 15.1 Å². The van der Waals surface area contributed by atoms with Gasteiger partial charge in [0.15, 0.2) is 0 Å². The molecule has 2 aliphatic heterocycles. The van der Waals surface area contributed by atoms with Crippen molar-refractivity contribution in [3.05, 3.63) is 35.9 Å². The predicted molar refractivity (Wildman–Crippen MR) is 93.4 cm³/mol. The summed E-state index contributed by atoms with van der Waals surface area (Å²) >= 11 is 0. The van der Waals surface area contributed by atoms with Gasteiger partial charge < -0.3 is 10.2 Å². The zero-order valence-corrected chi connectivity index (χ0v) is 14.2. The lowest BCUT2D eigenvalue weighted by Gasteiger charge is -2.38. The van der Waals surface area contributed by atoms with E-state index < -0.39 is 0 Å². The summed E-state index contributed by atoms with van der Waals surface area (Å²) in [5.41, 5.74) is 1.44. The van der Waals surface area contributed by atoms with Gasteiger partial charge in [0.2, 0.25) is 5.91 Å². The number of hydrogen-bond acceptors (Lipinski definition) is 3. The Labute approximate surface area is 139 Å². The fourth-order valence-corrected chi connectivity index (χ4v) is 3.80. The van der Waals surface area contributed by atoms with Crippen molar-refractivity contribution in [2.45, 2.75) is 32.2 Å². The molecule has 1 aromatic carbocycles. The highest BCUT2D eigenvalue weighted by Crippen LogP contribution is 2.23. The summed E-state index contributed by atoms with van der Waals surface area (Å²) in [6, 6.07) is 10.8. The molecule has 126 valence electrons. The van der Waals surface area contributed by atoms with E-state index in [1.165, 1.54) is 24.8 Å². The minimum atomic E-state index is 0.0331. The number of piperidine rings is 1. The Morgan fingerprint density at radius 3 is 2.43 bits per heavy atom. The molecule has 1 aromatic rings. The zero-order valence-electron chi connectivity index (χ0n) is 14.2. The molecule has 4 nitrogen and oxygen atoms in total. The predicted octanol–water partition coefficient (Wildman–Crippen LogP) is 1.76. The minimum Gasteiger partial charge on any atom is -0.339 e. The second-order valence-corrected chi connectivity index (χ2v) is 6.92. The molecular weight excluding hydrogens is 286 g/mol. The van der Waals surface area contributed by atoms with Crippen LogP contribution < -0.4 is 5.32 Å². The summed E-state index contributed by atoms with van der Waals surface area (Å²) in [5, 5.41) is 3.31. The van der Waals surface area contributed by atoms with Crippen LogP contribution in [0.15, 0.2) is 30.3 Å². The van der Waals surface area contributed by atoms with Crippen molar-refractivity contribution in [2.75, 3.05) is 39.3 Å². The molecule has 4 heteroatoms. The Bertz CT molecular complexity index is 491. The third-order valence-electron chi connectivity index (χ3n) is 5.35. The highest BCUT2D eigenvalue weighted by Gasteiger charge is 2.29. The lowest BCUT2D eigenvalue weighted by atomic mass is 9.89. The summed E-state index contributed by atoms with van der Waals surface area (Å²) in [6.45, 7) is 7.76. The van der Waals surface area contributed by atoms with Crippen LogP contribution in [0.2, 0.25) is 0 Å². The summed E-state index contributed by atoms with van der Waals surface area (Å²) in [7, 11) is 0. The van der Waals surface area contributed by atoms with Crippen LogP contribution in [0, 0.1) is 5.92 Å². The molecule has 2 aliphatic rings. The molecule has 0 spiro atoms. The van der Waals surface area contributed by atoms with E-state index in [2.05, 4.69) is 47.5 Å². The van der Waals surface area contributed by atoms with E-state index in [0.29, 0.717) is 5.91 Å². The summed E-state index contributed by atoms with van der Waals surface area (Å²) in [6.07, 6.45) is 3.58. The number of nitrogens with one attached hydrogen (secondary N) is 1. The topological polar surface area (TPSA) is 35.6 Å². The van der Waals surface area contributed by atoms with E-state index in [1.807, 2.05) is 4.90 Å². The molecule has 2 saturated heterocycles. The molecule has 0 bridgehead atoms. The minimum absolute atomic E-state index is 0.0331. The standard InChI is InChI=1S/C19H29N3O/c1-16(19(23)22-13-9-20-10-14-22)21-11-7-18(8-12-21)15-17-5-3-2-4-6-17/h2-6,16,18,20H,7-15H2,1H3. The fourth-order valence-electron chi connectivity index (χ4n) is 3.80. The first-order chi connectivity index (χ1) is 11.2. The number of hydrogen-bond donors (Lipinski definition) is 1. The van der Waals surface area contributed by atoms with E-state index in [4.69, 9.17) is 0 Å². The molecule has 1 unspecified atom stereocenters. The molecule has 0 saturated carbocycles. The molecule has 0 aliphatic carbocycles. The first kappa shape index (κ1) is 16.5. The van der Waals surface area contributed by atoms with Crippen molar-refractivity contribution < 1.29 is 4.79 Å². The van der Waals surface area contributed by atoms with Crippen LogP contribution in [-0.4, -0.2) is 61.0 Å². The van der Waals surface area contributed by atoms with E-state index in [0.717, 1.165) is 45.2 Å². The maximum absolute atomic E-state index is 12.6. The van der Waals surface area contributed by atoms with Crippen LogP contribution >= 0.6 is 0 Å². The van der Waals surface area contributed by atoms with Gasteiger partial charge in [-0.3, -0.25) is 9.69 Å². The first-order valence-electron chi connectivity index (χ1n) is 9.01. The first-order valence-corrected chi connectivity index (χ1v) is 9.01. The molecule has 2 fully saturated rings. The van der Waals surface area contributed by atoms with Crippen molar-refractivity contribution >= 4 is 5.91 Å². The highest BCUT2D eigenvalue weighted by atomic mass is 16.2. The maximum Gasteiger partial charge on any atom is 0.239 e. The molecule has 0 radical (unpaired) electrons. The summed E-state index contributed by atoms with van der Waals surface area (Å²) < 4.78 is 0. The Hall–Kier alpha value is -1.39. The largest absolute Gasteiger partial charge is 0.339 e. The molecule has 3 rings (SSSR count). The number of amides is 1. The molecule has 0 aromatic heterocycles. The molecule has 2 heterocycles. The zero-order chi connectivity index (χ0) is 16.1. The quantitative estimate of drug-likeness (QED) is 0.920. The van der Waals surface area contributed by atoms with Gasteiger partial charge in [-0.25, -0.2) is 0 Å². The van der Waals surface area contributed by atoms with Gasteiger partial charge >= 0.3 is 0 Å². The molecule has 1 amide bonds. The Morgan fingerprint density at radius 1 is 1.13 bits per heavy atom. The molecule has 23 heavy (non-hydrogen) atoms. The van der Waals surface area contributed by atoms with Gasteiger partial charge in [-0.05, 0) is 50.8 Å². The summed E-state index contributed by atoms with van der Waals surface area (Å²) in [4.78, 5) is 17.0. The van der Waals surface area contributed by atoms with Crippen LogP contribution in [0.4, 0.5) is 0 Å². The number of likely N-dealkylation sites (tertiary alicyclic amines) is 1. The van der Waals surface area contributed by atoms with Crippen LogP contribution in [0.3, 0.4) is 0 Å². The number of carbonyl (C=O) groups is 1. The second kappa shape index (κ2) is 7.93. The van der Waals surface area contributed by atoms with Gasteiger partial charge in [0, 0.05) is 26.2 Å². The molecular formula is C19H29N3O. The number of piperazine rings is 1. The van der Waals surface area contributed by atoms with Gasteiger partial charge in [-0.1, -0.05) is 30.3 Å². The van der Waals surface area contributed by atoms with Gasteiger partial charge in [0.1, 0.15) is 0 Å². The van der Waals surface area contributed by atoms with Gasteiger partial charge in [0.25, 0.3) is 0 Å². The molecule has 1 atom stereocenters. The number of nitrogens with zero attached hydrogens (tertiary/aromatic N) is 2. The summed E-state index contributed by atoms with van der Waals surface area (Å²) in [5.74, 6) is 1.07. The highest BCUT2D eigenvalue weighted by molar-refractivity contribution is 5.81. The lowest BCUT2D eigenvalue weighted by molar-refractivity contribution is -0.137. The average molecular weight is 315 g/mol. The number of benzene rings is 1. The Balaban J connectivity index is 1.47. The monoisotopic (exact) mass is 315 g/mol. The van der Waals surface area contributed by atoms with E-state index in [9.17, 15) is 4.79 Å². The van der Waals surface area contributed by atoms with Crippen molar-refractivity contribution in [1.29, 1.82) is 0 Å². The van der Waals surface area contributed by atoms with Gasteiger partial charge in [-0.15, -0.1) is 0 Å². The van der Waals surface area contributed by atoms with Crippen molar-refractivity contribution in [3.63, 3.8) is 0 Å². The van der Waals surface area contributed by atoms with Crippen LogP contribution in [0.25, 0.3) is 0 Å². The Morgan fingerprint density at radius 2 is 1.78 bits per heavy atom. The van der Waals surface area contributed by atoms with Crippen LogP contribution in [-0.2, 0) is 11.2 Å². The third-order valence-corrected chi connectivity index (χ3v) is 5.35. The second-order valence-electron chi connectivity index (χ2n) is 6.92. The number of rotatable bonds is 4. The smallest absolute Gasteiger partial charge is 0.239 e. The lowest BCUT2D eigenvalue weighted by Crippen LogP contribution is -2.54. The van der Waals surface area contributed by atoms with Crippen molar-refractivity contribution in [2.24, 2.45) is 5.92 Å². The molecule has 1 N–H and O–H groups in total. The van der Waals surface area contributed by atoms with E-state index in [-0.39, 0.29) is 6.04 Å². The normalized spacial score (nSPS) is 22.0. The van der Waals surface area contributed by atoms with E-state index in [1.54, 1.807) is 0 Å².